The largest absolute Gasteiger partial charge is 0.415 e. The molecule has 1 aromatic carbocycles. The SMILES string of the molecule is N#Cc1ccc(-c2nnc(-c3ccccn3)o2)cc1. The summed E-state index contributed by atoms with van der Waals surface area (Å²) in [6.45, 7) is 0. The minimum absolute atomic E-state index is 0.375. The average molecular weight is 248 g/mol. The van der Waals surface area contributed by atoms with Crippen molar-refractivity contribution in [3.05, 3.63) is 54.2 Å². The number of benzene rings is 1. The van der Waals surface area contributed by atoms with Crippen LogP contribution in [0.25, 0.3) is 23.0 Å². The van der Waals surface area contributed by atoms with E-state index in [0.29, 0.717) is 23.0 Å². The molecule has 0 aliphatic rings. The molecule has 0 spiro atoms. The first-order chi connectivity index (χ1) is 9.36. The molecule has 2 aromatic heterocycles. The van der Waals surface area contributed by atoms with Gasteiger partial charge in [-0.05, 0) is 36.4 Å². The molecular formula is C14H8N4O. The highest BCUT2D eigenvalue weighted by Gasteiger charge is 2.10. The number of nitriles is 1. The standard InChI is InChI=1S/C14H8N4O/c15-9-10-4-6-11(7-5-10)13-17-18-14(19-13)12-3-1-2-8-16-12/h1-8H. The third-order valence-corrected chi connectivity index (χ3v) is 2.57. The molecular weight excluding hydrogens is 240 g/mol. The summed E-state index contributed by atoms with van der Waals surface area (Å²) in [5.41, 5.74) is 2.00. The minimum Gasteiger partial charge on any atom is -0.415 e. The molecule has 5 heteroatoms. The van der Waals surface area contributed by atoms with E-state index in [9.17, 15) is 0 Å². The van der Waals surface area contributed by atoms with Crippen molar-refractivity contribution in [2.75, 3.05) is 0 Å². The van der Waals surface area contributed by atoms with E-state index in [1.54, 1.807) is 36.5 Å². The van der Waals surface area contributed by atoms with Gasteiger partial charge in [0, 0.05) is 11.8 Å². The van der Waals surface area contributed by atoms with Crippen LogP contribution in [-0.2, 0) is 0 Å². The lowest BCUT2D eigenvalue weighted by atomic mass is 10.1. The fourth-order valence-corrected chi connectivity index (χ4v) is 1.62. The third kappa shape index (κ3) is 2.19. The Hall–Kier alpha value is -3.00. The van der Waals surface area contributed by atoms with Crippen LogP contribution in [0.5, 0.6) is 0 Å². The number of hydrogen-bond donors (Lipinski definition) is 0. The molecule has 3 rings (SSSR count). The molecule has 0 saturated heterocycles. The van der Waals surface area contributed by atoms with Gasteiger partial charge in [0.15, 0.2) is 0 Å². The molecule has 0 bridgehead atoms. The average Bonchev–Trinajstić information content (AvgIpc) is 2.98. The monoisotopic (exact) mass is 248 g/mol. The van der Waals surface area contributed by atoms with E-state index in [2.05, 4.69) is 21.3 Å². The highest BCUT2D eigenvalue weighted by molar-refractivity contribution is 5.56. The number of pyridine rings is 1. The first-order valence-electron chi connectivity index (χ1n) is 5.62. The smallest absolute Gasteiger partial charge is 0.266 e. The van der Waals surface area contributed by atoms with E-state index in [1.165, 1.54) is 0 Å². The van der Waals surface area contributed by atoms with Crippen LogP contribution in [0.3, 0.4) is 0 Å². The molecule has 0 aliphatic heterocycles. The van der Waals surface area contributed by atoms with Gasteiger partial charge in [0.05, 0.1) is 11.6 Å². The highest BCUT2D eigenvalue weighted by Crippen LogP contribution is 2.22. The quantitative estimate of drug-likeness (QED) is 0.696. The molecule has 3 aromatic rings. The van der Waals surface area contributed by atoms with Crippen LogP contribution in [0.1, 0.15) is 5.56 Å². The first kappa shape index (κ1) is 11.1. The van der Waals surface area contributed by atoms with Crippen molar-refractivity contribution in [3.8, 4) is 29.1 Å². The predicted molar refractivity (Wildman–Crippen MR) is 67.7 cm³/mol. The summed E-state index contributed by atoms with van der Waals surface area (Å²) >= 11 is 0. The molecule has 0 aliphatic carbocycles. The zero-order valence-corrected chi connectivity index (χ0v) is 9.82. The van der Waals surface area contributed by atoms with Crippen LogP contribution in [0, 0.1) is 11.3 Å². The molecule has 0 N–H and O–H groups in total. The van der Waals surface area contributed by atoms with Crippen molar-refractivity contribution in [2.45, 2.75) is 0 Å². The lowest BCUT2D eigenvalue weighted by Gasteiger charge is -1.94. The van der Waals surface area contributed by atoms with Gasteiger partial charge in [-0.3, -0.25) is 4.98 Å². The van der Waals surface area contributed by atoms with Gasteiger partial charge in [0.2, 0.25) is 5.89 Å². The molecule has 0 amide bonds. The maximum atomic E-state index is 8.74. The van der Waals surface area contributed by atoms with Crippen molar-refractivity contribution in [1.82, 2.24) is 15.2 Å². The Labute approximate surface area is 109 Å². The Morgan fingerprint density at radius 3 is 2.42 bits per heavy atom. The van der Waals surface area contributed by atoms with Crippen LogP contribution in [-0.4, -0.2) is 15.2 Å². The summed E-state index contributed by atoms with van der Waals surface area (Å²) in [6.07, 6.45) is 1.67. The lowest BCUT2D eigenvalue weighted by molar-refractivity contribution is 0.582. The fourth-order valence-electron chi connectivity index (χ4n) is 1.62. The summed E-state index contributed by atoms with van der Waals surface area (Å²) < 4.78 is 5.56. The second-order valence-electron chi connectivity index (χ2n) is 3.82. The van der Waals surface area contributed by atoms with Crippen LogP contribution < -0.4 is 0 Å². The van der Waals surface area contributed by atoms with Crippen molar-refractivity contribution in [3.63, 3.8) is 0 Å². The van der Waals surface area contributed by atoms with Crippen LogP contribution >= 0.6 is 0 Å². The van der Waals surface area contributed by atoms with Gasteiger partial charge >= 0.3 is 0 Å². The van der Waals surface area contributed by atoms with Crippen LogP contribution in [0.15, 0.2) is 53.1 Å². The first-order valence-corrected chi connectivity index (χ1v) is 5.62. The Morgan fingerprint density at radius 1 is 0.947 bits per heavy atom. The van der Waals surface area contributed by atoms with Crippen molar-refractivity contribution in [1.29, 1.82) is 5.26 Å². The summed E-state index contributed by atoms with van der Waals surface area (Å²) in [4.78, 5) is 4.14. The second-order valence-corrected chi connectivity index (χ2v) is 3.82. The van der Waals surface area contributed by atoms with E-state index in [1.807, 2.05) is 12.1 Å². The normalized spacial score (nSPS) is 10.1. The maximum absolute atomic E-state index is 8.74. The molecule has 5 nitrogen and oxygen atoms in total. The van der Waals surface area contributed by atoms with Crippen molar-refractivity contribution < 1.29 is 4.42 Å². The maximum Gasteiger partial charge on any atom is 0.266 e. The number of aromatic nitrogens is 3. The van der Waals surface area contributed by atoms with E-state index in [0.717, 1.165) is 5.56 Å². The van der Waals surface area contributed by atoms with Crippen molar-refractivity contribution >= 4 is 0 Å². The van der Waals surface area contributed by atoms with Gasteiger partial charge in [-0.1, -0.05) is 6.07 Å². The summed E-state index contributed by atoms with van der Waals surface area (Å²) in [6, 6.07) is 14.5. The molecule has 0 atom stereocenters. The highest BCUT2D eigenvalue weighted by atomic mass is 16.4. The lowest BCUT2D eigenvalue weighted by Crippen LogP contribution is -1.80. The molecule has 2 heterocycles. The van der Waals surface area contributed by atoms with Crippen LogP contribution in [0.4, 0.5) is 0 Å². The Bertz CT molecular complexity index is 726. The summed E-state index contributed by atoms with van der Waals surface area (Å²) in [5.74, 6) is 0.783. The molecule has 90 valence electrons. The summed E-state index contributed by atoms with van der Waals surface area (Å²) in [7, 11) is 0. The van der Waals surface area contributed by atoms with Gasteiger partial charge in [0.25, 0.3) is 5.89 Å². The van der Waals surface area contributed by atoms with Gasteiger partial charge in [0.1, 0.15) is 5.69 Å². The van der Waals surface area contributed by atoms with E-state index >= 15 is 0 Å². The predicted octanol–water partition coefficient (Wildman–Crippen LogP) is 2.67. The number of hydrogen-bond acceptors (Lipinski definition) is 5. The topological polar surface area (TPSA) is 75.6 Å². The third-order valence-electron chi connectivity index (χ3n) is 2.57. The van der Waals surface area contributed by atoms with Gasteiger partial charge < -0.3 is 4.42 Å². The Morgan fingerprint density at radius 2 is 1.74 bits per heavy atom. The van der Waals surface area contributed by atoms with Crippen LogP contribution in [0.2, 0.25) is 0 Å². The number of rotatable bonds is 2. The van der Waals surface area contributed by atoms with Crippen molar-refractivity contribution in [2.24, 2.45) is 0 Å². The Kier molecular flexibility index (Phi) is 2.75. The van der Waals surface area contributed by atoms with Gasteiger partial charge in [-0.25, -0.2) is 0 Å². The summed E-state index contributed by atoms with van der Waals surface area (Å²) in [5, 5.41) is 16.7. The van der Waals surface area contributed by atoms with Gasteiger partial charge in [-0.2, -0.15) is 5.26 Å². The zero-order valence-electron chi connectivity index (χ0n) is 9.82. The van der Waals surface area contributed by atoms with E-state index in [-0.39, 0.29) is 0 Å². The molecule has 19 heavy (non-hydrogen) atoms. The van der Waals surface area contributed by atoms with Gasteiger partial charge in [-0.15, -0.1) is 10.2 Å². The molecule has 0 unspecified atom stereocenters. The van der Waals surface area contributed by atoms with E-state index < -0.39 is 0 Å². The minimum atomic E-state index is 0.375. The fraction of sp³-hybridized carbons (Fsp3) is 0. The molecule has 0 saturated carbocycles. The molecule has 0 fully saturated rings. The molecule has 0 radical (unpaired) electrons. The second kappa shape index (κ2) is 4.70. The van der Waals surface area contributed by atoms with E-state index in [4.69, 9.17) is 9.68 Å². The number of nitrogens with zero attached hydrogens (tertiary/aromatic N) is 4. The zero-order chi connectivity index (χ0) is 13.1. The Balaban J connectivity index is 1.95.